The van der Waals surface area contributed by atoms with Gasteiger partial charge in [0.15, 0.2) is 0 Å². The van der Waals surface area contributed by atoms with Crippen molar-refractivity contribution < 1.29 is 9.15 Å². The van der Waals surface area contributed by atoms with Gasteiger partial charge in [-0.1, -0.05) is 0 Å². The van der Waals surface area contributed by atoms with Crippen molar-refractivity contribution in [1.29, 1.82) is 0 Å². The molecule has 0 saturated heterocycles. The minimum Gasteiger partial charge on any atom is -0.497 e. The Kier molecular flexibility index (Phi) is 4.21. The first-order valence-electron chi connectivity index (χ1n) is 7.52. The number of H-pyrrole nitrogens is 1. The summed E-state index contributed by atoms with van der Waals surface area (Å²) in [7, 11) is 3.59. The second kappa shape index (κ2) is 6.30. The number of nitrogens with zero attached hydrogens (tertiary/aromatic N) is 1. The molecule has 0 bridgehead atoms. The third kappa shape index (κ3) is 3.14. The average molecular weight is 312 g/mol. The van der Waals surface area contributed by atoms with Crippen molar-refractivity contribution in [2.45, 2.75) is 19.5 Å². The monoisotopic (exact) mass is 312 g/mol. The molecule has 5 heteroatoms. The van der Waals surface area contributed by atoms with Crippen molar-refractivity contribution in [1.82, 2.24) is 9.88 Å². The van der Waals surface area contributed by atoms with Crippen molar-refractivity contribution in [3.8, 4) is 5.75 Å². The number of hydrogen-bond acceptors (Lipinski definition) is 4. The molecule has 3 aromatic rings. The predicted octanol–water partition coefficient (Wildman–Crippen LogP) is 3.32. The largest absolute Gasteiger partial charge is 0.497 e. The second-order valence-corrected chi connectivity index (χ2v) is 5.68. The van der Waals surface area contributed by atoms with Gasteiger partial charge in [0.2, 0.25) is 0 Å². The Morgan fingerprint density at radius 3 is 2.83 bits per heavy atom. The summed E-state index contributed by atoms with van der Waals surface area (Å²) in [5, 5.41) is 0.986. The van der Waals surface area contributed by atoms with Gasteiger partial charge in [0.25, 0.3) is 5.56 Å². The van der Waals surface area contributed by atoms with Crippen molar-refractivity contribution >= 4 is 10.9 Å². The van der Waals surface area contributed by atoms with Crippen LogP contribution < -0.4 is 10.3 Å². The molecule has 0 aliphatic heterocycles. The van der Waals surface area contributed by atoms with E-state index < -0.39 is 0 Å². The van der Waals surface area contributed by atoms with E-state index in [9.17, 15) is 4.79 Å². The highest BCUT2D eigenvalue weighted by Crippen LogP contribution is 2.22. The van der Waals surface area contributed by atoms with Gasteiger partial charge < -0.3 is 14.1 Å². The Bertz CT molecular complexity index is 852. The summed E-state index contributed by atoms with van der Waals surface area (Å²) in [5.74, 6) is 1.61. The van der Waals surface area contributed by atoms with E-state index >= 15 is 0 Å². The Labute approximate surface area is 134 Å². The Morgan fingerprint density at radius 1 is 1.30 bits per heavy atom. The zero-order valence-corrected chi connectivity index (χ0v) is 13.5. The summed E-state index contributed by atoms with van der Waals surface area (Å²) in [6.07, 6.45) is 1.66. The molecule has 0 spiro atoms. The molecule has 3 rings (SSSR count). The fraction of sp³-hybridized carbons (Fsp3) is 0.278. The summed E-state index contributed by atoms with van der Waals surface area (Å²) in [6, 6.07) is 11.5. The number of aromatic amines is 1. The fourth-order valence-electron chi connectivity index (χ4n) is 2.62. The van der Waals surface area contributed by atoms with E-state index in [1.165, 1.54) is 0 Å². The molecular weight excluding hydrogens is 292 g/mol. The van der Waals surface area contributed by atoms with Crippen molar-refractivity contribution in [2.24, 2.45) is 0 Å². The Morgan fingerprint density at radius 2 is 2.13 bits per heavy atom. The molecule has 0 fully saturated rings. The highest BCUT2D eigenvalue weighted by atomic mass is 16.5. The number of pyridine rings is 1. The van der Waals surface area contributed by atoms with Crippen LogP contribution in [0.1, 0.15) is 24.3 Å². The normalized spacial score (nSPS) is 12.7. The van der Waals surface area contributed by atoms with E-state index in [4.69, 9.17) is 9.15 Å². The fourth-order valence-corrected chi connectivity index (χ4v) is 2.62. The second-order valence-electron chi connectivity index (χ2n) is 5.68. The van der Waals surface area contributed by atoms with Crippen LogP contribution in [0, 0.1) is 0 Å². The molecule has 0 aliphatic rings. The minimum atomic E-state index is -0.0794. The Balaban J connectivity index is 1.88. The minimum absolute atomic E-state index is 0.0794. The van der Waals surface area contributed by atoms with Crippen molar-refractivity contribution in [3.05, 3.63) is 64.3 Å². The van der Waals surface area contributed by atoms with Gasteiger partial charge in [-0.3, -0.25) is 9.69 Å². The SMILES string of the molecule is COc1ccc2cc(CN(C)[C@H](C)c3ccco3)c(=O)[nH]c2c1. The van der Waals surface area contributed by atoms with Crippen LogP contribution in [0.4, 0.5) is 0 Å². The lowest BCUT2D eigenvalue weighted by Gasteiger charge is -2.22. The summed E-state index contributed by atoms with van der Waals surface area (Å²) in [6.45, 7) is 2.60. The number of rotatable bonds is 5. The van der Waals surface area contributed by atoms with Crippen LogP contribution in [-0.4, -0.2) is 24.0 Å². The lowest BCUT2D eigenvalue weighted by molar-refractivity contribution is 0.222. The molecule has 2 aromatic heterocycles. The molecule has 120 valence electrons. The molecule has 0 radical (unpaired) electrons. The molecule has 0 saturated carbocycles. The highest BCUT2D eigenvalue weighted by molar-refractivity contribution is 5.80. The van der Waals surface area contributed by atoms with Gasteiger partial charge in [-0.15, -0.1) is 0 Å². The molecule has 2 heterocycles. The number of fused-ring (bicyclic) bond motifs is 1. The first-order valence-corrected chi connectivity index (χ1v) is 7.52. The van der Waals surface area contributed by atoms with Gasteiger partial charge in [-0.2, -0.15) is 0 Å². The highest BCUT2D eigenvalue weighted by Gasteiger charge is 2.16. The Hall–Kier alpha value is -2.53. The molecule has 0 aliphatic carbocycles. The zero-order chi connectivity index (χ0) is 16.4. The first-order chi connectivity index (χ1) is 11.1. The lowest BCUT2D eigenvalue weighted by atomic mass is 10.1. The van der Waals surface area contributed by atoms with E-state index in [0.29, 0.717) is 6.54 Å². The van der Waals surface area contributed by atoms with Crippen molar-refractivity contribution in [3.63, 3.8) is 0 Å². The lowest BCUT2D eigenvalue weighted by Crippen LogP contribution is -2.25. The third-order valence-electron chi connectivity index (χ3n) is 4.17. The maximum Gasteiger partial charge on any atom is 0.252 e. The van der Waals surface area contributed by atoms with Gasteiger partial charge in [0, 0.05) is 18.2 Å². The molecule has 1 aromatic carbocycles. The smallest absolute Gasteiger partial charge is 0.252 e. The topological polar surface area (TPSA) is 58.5 Å². The number of methoxy groups -OCH3 is 1. The molecule has 1 atom stereocenters. The number of ether oxygens (including phenoxy) is 1. The molecule has 23 heavy (non-hydrogen) atoms. The van der Waals surface area contributed by atoms with Crippen molar-refractivity contribution in [2.75, 3.05) is 14.2 Å². The number of aromatic nitrogens is 1. The molecule has 0 amide bonds. The number of nitrogens with one attached hydrogen (secondary N) is 1. The summed E-state index contributed by atoms with van der Waals surface area (Å²) in [4.78, 5) is 17.3. The quantitative estimate of drug-likeness (QED) is 0.785. The van der Waals surface area contributed by atoms with Gasteiger partial charge in [-0.05, 0) is 49.7 Å². The van der Waals surface area contributed by atoms with Crippen LogP contribution in [-0.2, 0) is 6.54 Å². The average Bonchev–Trinajstić information content (AvgIpc) is 3.08. The van der Waals surface area contributed by atoms with E-state index in [-0.39, 0.29) is 11.6 Å². The van der Waals surface area contributed by atoms with Gasteiger partial charge in [0.05, 0.1) is 24.9 Å². The summed E-state index contributed by atoms with van der Waals surface area (Å²) < 4.78 is 10.6. The van der Waals surface area contributed by atoms with Gasteiger partial charge in [-0.25, -0.2) is 0 Å². The number of hydrogen-bond donors (Lipinski definition) is 1. The predicted molar refractivity (Wildman–Crippen MR) is 89.7 cm³/mol. The van der Waals surface area contributed by atoms with E-state index in [0.717, 1.165) is 28.0 Å². The van der Waals surface area contributed by atoms with Crippen LogP contribution in [0.15, 0.2) is 51.9 Å². The van der Waals surface area contributed by atoms with E-state index in [1.54, 1.807) is 13.4 Å². The van der Waals surface area contributed by atoms with Crippen LogP contribution >= 0.6 is 0 Å². The van der Waals surface area contributed by atoms with Gasteiger partial charge in [0.1, 0.15) is 11.5 Å². The molecule has 5 nitrogen and oxygen atoms in total. The summed E-state index contributed by atoms with van der Waals surface area (Å²) >= 11 is 0. The maximum absolute atomic E-state index is 12.3. The molecule has 1 N–H and O–H groups in total. The maximum atomic E-state index is 12.3. The van der Waals surface area contributed by atoms with Crippen LogP contribution in [0.5, 0.6) is 5.75 Å². The number of furan rings is 1. The van der Waals surface area contributed by atoms with E-state index in [1.807, 2.05) is 43.4 Å². The van der Waals surface area contributed by atoms with Crippen LogP contribution in [0.2, 0.25) is 0 Å². The standard InChI is InChI=1S/C18H20N2O3/c1-12(17-5-4-8-23-17)20(2)11-14-9-13-6-7-15(22-3)10-16(13)19-18(14)21/h4-10,12H,11H2,1-3H3,(H,19,21)/t12-/m1/s1. The molecule has 0 unspecified atom stereocenters. The van der Waals surface area contributed by atoms with Crippen LogP contribution in [0.25, 0.3) is 10.9 Å². The third-order valence-corrected chi connectivity index (χ3v) is 4.17. The molecular formula is C18H20N2O3. The number of benzene rings is 1. The van der Waals surface area contributed by atoms with Gasteiger partial charge >= 0.3 is 0 Å². The summed E-state index contributed by atoms with van der Waals surface area (Å²) in [5.41, 5.74) is 1.42. The van der Waals surface area contributed by atoms with Crippen LogP contribution in [0.3, 0.4) is 0 Å². The first kappa shape index (κ1) is 15.4. The zero-order valence-electron chi connectivity index (χ0n) is 13.5. The van der Waals surface area contributed by atoms with E-state index in [2.05, 4.69) is 16.8 Å².